The van der Waals surface area contributed by atoms with E-state index in [0.717, 1.165) is 0 Å². The normalized spacial score (nSPS) is 9.89. The van der Waals surface area contributed by atoms with Crippen molar-refractivity contribution < 1.29 is 5.11 Å². The van der Waals surface area contributed by atoms with E-state index in [0.29, 0.717) is 22.7 Å². The van der Waals surface area contributed by atoms with Gasteiger partial charge >= 0.3 is 5.69 Å². The number of nitrogens with zero attached hydrogens (tertiary/aromatic N) is 2. The van der Waals surface area contributed by atoms with Gasteiger partial charge in [-0.2, -0.15) is 5.10 Å². The van der Waals surface area contributed by atoms with E-state index in [4.69, 9.17) is 16.7 Å². The van der Waals surface area contributed by atoms with Gasteiger partial charge in [-0.3, -0.25) is 0 Å². The third kappa shape index (κ3) is 2.62. The van der Waals surface area contributed by atoms with Gasteiger partial charge in [0.05, 0.1) is 12.3 Å². The highest BCUT2D eigenvalue weighted by molar-refractivity contribution is 6.30. The van der Waals surface area contributed by atoms with Crippen molar-refractivity contribution in [3.63, 3.8) is 0 Å². The average Bonchev–Trinajstić information content (AvgIpc) is 2.77. The van der Waals surface area contributed by atoms with Gasteiger partial charge < -0.3 is 5.11 Å². The van der Waals surface area contributed by atoms with Gasteiger partial charge in [0, 0.05) is 17.0 Å². The first-order chi connectivity index (χ1) is 8.72. The maximum atomic E-state index is 11.5. The van der Waals surface area contributed by atoms with Crippen LogP contribution in [0, 0.1) is 11.8 Å². The maximum Gasteiger partial charge on any atom is 0.347 e. The highest BCUT2D eigenvalue weighted by Gasteiger charge is 2.06. The largest absolute Gasteiger partial charge is 0.395 e. The second kappa shape index (κ2) is 5.54. The molecule has 1 aromatic carbocycles. The summed E-state index contributed by atoms with van der Waals surface area (Å²) < 4.78 is 1.33. The molecule has 1 aromatic heterocycles. The topological polar surface area (TPSA) is 70.9 Å². The first kappa shape index (κ1) is 12.4. The van der Waals surface area contributed by atoms with E-state index >= 15 is 0 Å². The number of nitrogens with one attached hydrogen (secondary N) is 1. The summed E-state index contributed by atoms with van der Waals surface area (Å²) in [7, 11) is 0. The van der Waals surface area contributed by atoms with Crippen LogP contribution in [0.3, 0.4) is 0 Å². The molecular weight excluding hydrogens is 254 g/mol. The molecule has 92 valence electrons. The molecule has 2 rings (SSSR count). The summed E-state index contributed by atoms with van der Waals surface area (Å²) >= 11 is 5.91. The quantitative estimate of drug-likeness (QED) is 0.793. The Labute approximate surface area is 108 Å². The predicted octanol–water partition coefficient (Wildman–Crippen LogP) is 0.948. The van der Waals surface area contributed by atoms with Gasteiger partial charge in [-0.1, -0.05) is 23.4 Å². The lowest BCUT2D eigenvalue weighted by atomic mass is 10.1. The van der Waals surface area contributed by atoms with Gasteiger partial charge in [-0.05, 0) is 18.2 Å². The lowest BCUT2D eigenvalue weighted by Crippen LogP contribution is -2.15. The van der Waals surface area contributed by atoms with Crippen LogP contribution in [0.15, 0.2) is 29.3 Å². The van der Waals surface area contributed by atoms with Crippen LogP contribution in [0.2, 0.25) is 5.02 Å². The second-order valence-corrected chi connectivity index (χ2v) is 3.90. The Bertz CT molecular complexity index is 664. The number of aliphatic hydroxyl groups excluding tert-OH is 1. The Kier molecular flexibility index (Phi) is 3.82. The number of rotatable bonds is 2. The molecule has 6 heteroatoms. The molecule has 0 radical (unpaired) electrons. The van der Waals surface area contributed by atoms with E-state index in [1.807, 2.05) is 0 Å². The highest BCUT2D eigenvalue weighted by atomic mass is 35.5. The lowest BCUT2D eigenvalue weighted by Gasteiger charge is -2.04. The molecule has 0 aliphatic rings. The number of aromatic amines is 1. The Morgan fingerprint density at radius 1 is 1.50 bits per heavy atom. The van der Waals surface area contributed by atoms with E-state index in [2.05, 4.69) is 22.0 Å². The number of H-pyrrole nitrogens is 1. The molecule has 0 spiro atoms. The fraction of sp³-hybridized carbons (Fsp3) is 0.167. The molecule has 2 aromatic rings. The summed E-state index contributed by atoms with van der Waals surface area (Å²) in [5.41, 5.74) is 0.852. The minimum Gasteiger partial charge on any atom is -0.395 e. The van der Waals surface area contributed by atoms with Crippen LogP contribution < -0.4 is 5.69 Å². The number of aromatic nitrogens is 3. The molecule has 0 aliphatic heterocycles. The SMILES string of the molecule is O=c1[nH]ncn1-c1cc(Cl)ccc1C#CCCO. The van der Waals surface area contributed by atoms with Gasteiger partial charge in [-0.15, -0.1) is 0 Å². The number of hydrogen-bond acceptors (Lipinski definition) is 3. The summed E-state index contributed by atoms with van der Waals surface area (Å²) in [5, 5.41) is 15.2. The van der Waals surface area contributed by atoms with E-state index in [-0.39, 0.29) is 12.3 Å². The van der Waals surface area contributed by atoms with Crippen molar-refractivity contribution in [2.75, 3.05) is 6.61 Å². The molecule has 5 nitrogen and oxygen atoms in total. The minimum absolute atomic E-state index is 0.00157. The van der Waals surface area contributed by atoms with Gasteiger partial charge in [-0.25, -0.2) is 14.5 Å². The molecule has 0 aliphatic carbocycles. The maximum absolute atomic E-state index is 11.5. The first-order valence-electron chi connectivity index (χ1n) is 5.24. The van der Waals surface area contributed by atoms with Crippen LogP contribution in [-0.4, -0.2) is 26.5 Å². The van der Waals surface area contributed by atoms with Crippen LogP contribution in [0.25, 0.3) is 5.69 Å². The third-order valence-electron chi connectivity index (χ3n) is 2.23. The molecule has 2 N–H and O–H groups in total. The summed E-state index contributed by atoms with van der Waals surface area (Å²) in [6.45, 7) is 0.00157. The second-order valence-electron chi connectivity index (χ2n) is 3.47. The minimum atomic E-state index is -0.359. The summed E-state index contributed by atoms with van der Waals surface area (Å²) in [6.07, 6.45) is 1.74. The van der Waals surface area contributed by atoms with E-state index in [1.165, 1.54) is 10.9 Å². The van der Waals surface area contributed by atoms with Crippen molar-refractivity contribution in [1.82, 2.24) is 14.8 Å². The summed E-state index contributed by atoms with van der Waals surface area (Å²) in [6, 6.07) is 5.06. The van der Waals surface area contributed by atoms with Crippen molar-refractivity contribution in [3.8, 4) is 17.5 Å². The van der Waals surface area contributed by atoms with Gasteiger partial charge in [0.1, 0.15) is 6.33 Å². The molecule has 0 saturated carbocycles. The van der Waals surface area contributed by atoms with Crippen molar-refractivity contribution in [2.24, 2.45) is 0 Å². The number of hydrogen-bond donors (Lipinski definition) is 2. The molecule has 1 heterocycles. The van der Waals surface area contributed by atoms with Crippen LogP contribution in [0.5, 0.6) is 0 Å². The average molecular weight is 264 g/mol. The molecule has 0 unspecified atom stereocenters. The van der Waals surface area contributed by atoms with Crippen molar-refractivity contribution in [2.45, 2.75) is 6.42 Å². The smallest absolute Gasteiger partial charge is 0.347 e. The molecule has 0 amide bonds. The van der Waals surface area contributed by atoms with Crippen molar-refractivity contribution in [3.05, 3.63) is 45.6 Å². The standard InChI is InChI=1S/C12H10ClN3O2/c13-10-5-4-9(3-1-2-6-17)11(7-10)16-8-14-15-12(16)18/h4-5,7-8,17H,2,6H2,(H,15,18). The monoisotopic (exact) mass is 263 g/mol. The number of halogens is 1. The highest BCUT2D eigenvalue weighted by Crippen LogP contribution is 2.18. The molecule has 18 heavy (non-hydrogen) atoms. The van der Waals surface area contributed by atoms with Crippen LogP contribution in [0.1, 0.15) is 12.0 Å². The Morgan fingerprint density at radius 3 is 3.00 bits per heavy atom. The predicted molar refractivity (Wildman–Crippen MR) is 67.8 cm³/mol. The first-order valence-corrected chi connectivity index (χ1v) is 5.62. The van der Waals surface area contributed by atoms with Gasteiger partial charge in [0.15, 0.2) is 0 Å². The number of benzene rings is 1. The molecule has 0 atom stereocenters. The zero-order valence-electron chi connectivity index (χ0n) is 9.35. The lowest BCUT2D eigenvalue weighted by molar-refractivity contribution is 0.305. The molecular formula is C12H10ClN3O2. The number of aliphatic hydroxyl groups is 1. The van der Waals surface area contributed by atoms with Gasteiger partial charge in [0.25, 0.3) is 0 Å². The fourth-order valence-electron chi connectivity index (χ4n) is 1.44. The van der Waals surface area contributed by atoms with Crippen molar-refractivity contribution in [1.29, 1.82) is 0 Å². The van der Waals surface area contributed by atoms with Gasteiger partial charge in [0.2, 0.25) is 0 Å². The van der Waals surface area contributed by atoms with Crippen LogP contribution in [-0.2, 0) is 0 Å². The Morgan fingerprint density at radius 2 is 2.33 bits per heavy atom. The van der Waals surface area contributed by atoms with E-state index in [9.17, 15) is 4.79 Å². The summed E-state index contributed by atoms with van der Waals surface area (Å²) in [5.74, 6) is 5.69. The third-order valence-corrected chi connectivity index (χ3v) is 2.47. The zero-order chi connectivity index (χ0) is 13.0. The summed E-state index contributed by atoms with van der Waals surface area (Å²) in [4.78, 5) is 11.5. The molecule has 0 saturated heterocycles. The Hall–Kier alpha value is -2.03. The van der Waals surface area contributed by atoms with E-state index in [1.54, 1.807) is 18.2 Å². The molecule has 0 bridgehead atoms. The van der Waals surface area contributed by atoms with E-state index < -0.39 is 0 Å². The fourth-order valence-corrected chi connectivity index (χ4v) is 1.61. The van der Waals surface area contributed by atoms with Crippen LogP contribution >= 0.6 is 11.6 Å². The zero-order valence-corrected chi connectivity index (χ0v) is 10.1. The van der Waals surface area contributed by atoms with Crippen LogP contribution in [0.4, 0.5) is 0 Å². The Balaban J connectivity index is 2.52. The molecule has 0 fully saturated rings. The van der Waals surface area contributed by atoms with Crippen molar-refractivity contribution >= 4 is 11.6 Å².